The highest BCUT2D eigenvalue weighted by atomic mass is 16.5. The number of carbonyl (C=O) groups excluding carboxylic acids is 1. The molecule has 0 saturated heterocycles. The third-order valence-electron chi connectivity index (χ3n) is 2.84. The predicted molar refractivity (Wildman–Crippen MR) is 71.9 cm³/mol. The summed E-state index contributed by atoms with van der Waals surface area (Å²) in [5, 5.41) is 17.0. The summed E-state index contributed by atoms with van der Waals surface area (Å²) in [4.78, 5) is 21.5. The fourth-order valence-corrected chi connectivity index (χ4v) is 1.72. The zero-order valence-electron chi connectivity index (χ0n) is 11.6. The van der Waals surface area contributed by atoms with Crippen molar-refractivity contribution in [3.8, 4) is 0 Å². The first kappa shape index (κ1) is 17.9. The zero-order chi connectivity index (χ0) is 14.3. The summed E-state index contributed by atoms with van der Waals surface area (Å²) in [5.41, 5.74) is 0. The Labute approximate surface area is 115 Å². The summed E-state index contributed by atoms with van der Waals surface area (Å²) >= 11 is 0. The van der Waals surface area contributed by atoms with Gasteiger partial charge in [-0.1, -0.05) is 25.7 Å². The highest BCUT2D eigenvalue weighted by Crippen LogP contribution is 2.06. The summed E-state index contributed by atoms with van der Waals surface area (Å²) in [7, 11) is 0. The molecule has 0 atom stereocenters. The van der Waals surface area contributed by atoms with Gasteiger partial charge in [-0.05, 0) is 25.7 Å². The first-order valence-corrected chi connectivity index (χ1v) is 7.15. The Morgan fingerprint density at radius 2 is 1.37 bits per heavy atom. The Morgan fingerprint density at radius 1 is 0.789 bits per heavy atom. The maximum absolute atomic E-state index is 11.3. The molecule has 5 heteroatoms. The van der Waals surface area contributed by atoms with Crippen LogP contribution in [0.2, 0.25) is 0 Å². The number of carboxylic acid groups (broad SMARTS) is 1. The SMILES string of the molecule is O=C(O)CCCCC(=O)OCCCCCCCCO. The van der Waals surface area contributed by atoms with E-state index in [0.717, 1.165) is 38.5 Å². The molecule has 0 saturated carbocycles. The van der Waals surface area contributed by atoms with Crippen LogP contribution in [0.15, 0.2) is 0 Å². The van der Waals surface area contributed by atoms with Gasteiger partial charge in [-0.15, -0.1) is 0 Å². The second kappa shape index (κ2) is 13.3. The van der Waals surface area contributed by atoms with E-state index in [1.807, 2.05) is 0 Å². The summed E-state index contributed by atoms with van der Waals surface area (Å²) in [6.07, 6.45) is 7.58. The van der Waals surface area contributed by atoms with Gasteiger partial charge in [-0.3, -0.25) is 9.59 Å². The van der Waals surface area contributed by atoms with E-state index in [1.54, 1.807) is 0 Å². The van der Waals surface area contributed by atoms with Crippen molar-refractivity contribution in [2.75, 3.05) is 13.2 Å². The minimum atomic E-state index is -0.824. The normalized spacial score (nSPS) is 10.4. The number of rotatable bonds is 13. The number of ether oxygens (including phenoxy) is 1. The lowest BCUT2D eigenvalue weighted by molar-refractivity contribution is -0.144. The van der Waals surface area contributed by atoms with Crippen molar-refractivity contribution in [3.63, 3.8) is 0 Å². The van der Waals surface area contributed by atoms with Gasteiger partial charge in [0.05, 0.1) is 6.61 Å². The molecule has 0 heterocycles. The maximum Gasteiger partial charge on any atom is 0.305 e. The monoisotopic (exact) mass is 274 g/mol. The van der Waals surface area contributed by atoms with E-state index >= 15 is 0 Å². The van der Waals surface area contributed by atoms with Crippen molar-refractivity contribution in [2.45, 2.75) is 64.2 Å². The lowest BCUT2D eigenvalue weighted by Gasteiger charge is -2.04. The average molecular weight is 274 g/mol. The Bertz CT molecular complexity index is 240. The minimum Gasteiger partial charge on any atom is -0.481 e. The van der Waals surface area contributed by atoms with E-state index in [0.29, 0.717) is 25.9 Å². The summed E-state index contributed by atoms with van der Waals surface area (Å²) in [6.45, 7) is 0.719. The summed E-state index contributed by atoms with van der Waals surface area (Å²) in [5.74, 6) is -1.06. The van der Waals surface area contributed by atoms with Crippen LogP contribution in [0.3, 0.4) is 0 Å². The molecule has 0 spiro atoms. The Morgan fingerprint density at radius 3 is 2.00 bits per heavy atom. The van der Waals surface area contributed by atoms with Gasteiger partial charge in [0.1, 0.15) is 0 Å². The number of aliphatic carboxylic acids is 1. The molecule has 0 aliphatic carbocycles. The molecular formula is C14H26O5. The molecule has 0 amide bonds. The number of hydrogen-bond acceptors (Lipinski definition) is 4. The molecule has 0 unspecified atom stereocenters. The van der Waals surface area contributed by atoms with Gasteiger partial charge in [0, 0.05) is 19.4 Å². The summed E-state index contributed by atoms with van der Waals surface area (Å²) in [6, 6.07) is 0. The smallest absolute Gasteiger partial charge is 0.305 e. The van der Waals surface area contributed by atoms with Crippen LogP contribution in [0, 0.1) is 0 Å². The third kappa shape index (κ3) is 14.8. The van der Waals surface area contributed by atoms with Gasteiger partial charge >= 0.3 is 11.9 Å². The van der Waals surface area contributed by atoms with Crippen molar-refractivity contribution in [3.05, 3.63) is 0 Å². The minimum absolute atomic E-state index is 0.112. The number of esters is 1. The highest BCUT2D eigenvalue weighted by Gasteiger charge is 2.03. The molecule has 5 nitrogen and oxygen atoms in total. The molecule has 0 fully saturated rings. The zero-order valence-corrected chi connectivity index (χ0v) is 11.6. The lowest BCUT2D eigenvalue weighted by atomic mass is 10.1. The third-order valence-corrected chi connectivity index (χ3v) is 2.84. The highest BCUT2D eigenvalue weighted by molar-refractivity contribution is 5.69. The van der Waals surface area contributed by atoms with Crippen LogP contribution in [-0.4, -0.2) is 35.4 Å². The number of aliphatic hydroxyl groups is 1. The van der Waals surface area contributed by atoms with Gasteiger partial charge in [0.15, 0.2) is 0 Å². The number of hydrogen-bond donors (Lipinski definition) is 2. The van der Waals surface area contributed by atoms with Crippen LogP contribution in [-0.2, 0) is 14.3 Å². The molecule has 0 aromatic carbocycles. The van der Waals surface area contributed by atoms with Crippen LogP contribution in [0.25, 0.3) is 0 Å². The quantitative estimate of drug-likeness (QED) is 0.398. The van der Waals surface area contributed by atoms with Gasteiger partial charge < -0.3 is 14.9 Å². The molecule has 0 aromatic heterocycles. The van der Waals surface area contributed by atoms with E-state index in [1.165, 1.54) is 0 Å². The maximum atomic E-state index is 11.3. The van der Waals surface area contributed by atoms with Gasteiger partial charge in [0.25, 0.3) is 0 Å². The van der Waals surface area contributed by atoms with E-state index in [-0.39, 0.29) is 19.0 Å². The van der Waals surface area contributed by atoms with Crippen molar-refractivity contribution >= 4 is 11.9 Å². The molecule has 2 N–H and O–H groups in total. The molecule has 0 bridgehead atoms. The van der Waals surface area contributed by atoms with Gasteiger partial charge in [0.2, 0.25) is 0 Å². The van der Waals surface area contributed by atoms with Crippen LogP contribution < -0.4 is 0 Å². The van der Waals surface area contributed by atoms with Crippen molar-refractivity contribution in [1.29, 1.82) is 0 Å². The molecule has 112 valence electrons. The van der Waals surface area contributed by atoms with Gasteiger partial charge in [-0.25, -0.2) is 0 Å². The largest absolute Gasteiger partial charge is 0.481 e. The van der Waals surface area contributed by atoms with Crippen molar-refractivity contribution in [1.82, 2.24) is 0 Å². The predicted octanol–water partition coefficient (Wildman–Crippen LogP) is 2.51. The fraction of sp³-hybridized carbons (Fsp3) is 0.857. The number of aliphatic hydroxyl groups excluding tert-OH is 1. The van der Waals surface area contributed by atoms with E-state index in [9.17, 15) is 9.59 Å². The molecule has 0 aliphatic rings. The van der Waals surface area contributed by atoms with E-state index in [4.69, 9.17) is 14.9 Å². The topological polar surface area (TPSA) is 83.8 Å². The van der Waals surface area contributed by atoms with E-state index in [2.05, 4.69) is 0 Å². The molecule has 0 aromatic rings. The Hall–Kier alpha value is -1.10. The summed E-state index contributed by atoms with van der Waals surface area (Å²) < 4.78 is 5.05. The first-order valence-electron chi connectivity index (χ1n) is 7.15. The second-order valence-electron chi connectivity index (χ2n) is 4.67. The molecule has 0 rings (SSSR count). The lowest BCUT2D eigenvalue weighted by Crippen LogP contribution is -2.06. The fourth-order valence-electron chi connectivity index (χ4n) is 1.72. The molecule has 0 aliphatic heterocycles. The molecule has 0 radical (unpaired) electrons. The number of carbonyl (C=O) groups is 2. The standard InChI is InChI=1S/C14H26O5/c15-11-7-3-1-2-4-8-12-19-14(18)10-6-5-9-13(16)17/h15H,1-12H2,(H,16,17). The van der Waals surface area contributed by atoms with E-state index < -0.39 is 5.97 Å². The van der Waals surface area contributed by atoms with Crippen LogP contribution in [0.4, 0.5) is 0 Å². The average Bonchev–Trinajstić information content (AvgIpc) is 2.37. The Kier molecular flexibility index (Phi) is 12.6. The number of unbranched alkanes of at least 4 members (excludes halogenated alkanes) is 6. The molecule has 19 heavy (non-hydrogen) atoms. The van der Waals surface area contributed by atoms with Crippen LogP contribution in [0.1, 0.15) is 64.2 Å². The van der Waals surface area contributed by atoms with Gasteiger partial charge in [-0.2, -0.15) is 0 Å². The second-order valence-corrected chi connectivity index (χ2v) is 4.67. The number of carboxylic acids is 1. The van der Waals surface area contributed by atoms with Crippen LogP contribution >= 0.6 is 0 Å². The first-order chi connectivity index (χ1) is 9.16. The van der Waals surface area contributed by atoms with Crippen molar-refractivity contribution < 1.29 is 24.5 Å². The van der Waals surface area contributed by atoms with Crippen molar-refractivity contribution in [2.24, 2.45) is 0 Å². The van der Waals surface area contributed by atoms with Crippen LogP contribution in [0.5, 0.6) is 0 Å². The Balaban J connectivity index is 3.18. The molecular weight excluding hydrogens is 248 g/mol.